The highest BCUT2D eigenvalue weighted by atomic mass is 79.9. The third-order valence-electron chi connectivity index (χ3n) is 4.94. The predicted octanol–water partition coefficient (Wildman–Crippen LogP) is 7.05. The summed E-state index contributed by atoms with van der Waals surface area (Å²) >= 11 is 3.45. The highest BCUT2D eigenvalue weighted by Gasteiger charge is 2.15. The minimum Gasteiger partial charge on any atom is -0.496 e. The number of allylic oxidation sites excluding steroid dienone is 1. The molecule has 4 nitrogen and oxygen atoms in total. The summed E-state index contributed by atoms with van der Waals surface area (Å²) in [6.45, 7) is 1.84. The number of benzene rings is 3. The lowest BCUT2D eigenvalue weighted by Gasteiger charge is -2.10. The zero-order valence-electron chi connectivity index (χ0n) is 16.9. The van der Waals surface area contributed by atoms with E-state index in [0.717, 1.165) is 32.1 Å². The Labute approximate surface area is 187 Å². The SMILES string of the molecule is COc1cc2occ(-c3ccc(Br)cc3)c2cc1/C(C)=C/C(=O)Nc1ccc(F)cc1. The number of anilines is 1. The van der Waals surface area contributed by atoms with Gasteiger partial charge in [-0.1, -0.05) is 28.1 Å². The van der Waals surface area contributed by atoms with Crippen LogP contribution in [0.2, 0.25) is 0 Å². The second-order valence-electron chi connectivity index (χ2n) is 7.03. The van der Waals surface area contributed by atoms with Gasteiger partial charge in [0.15, 0.2) is 0 Å². The number of carbonyl (C=O) groups is 1. The summed E-state index contributed by atoms with van der Waals surface area (Å²) in [6.07, 6.45) is 3.21. The molecule has 0 aliphatic rings. The summed E-state index contributed by atoms with van der Waals surface area (Å²) in [6, 6.07) is 17.4. The van der Waals surface area contributed by atoms with Gasteiger partial charge < -0.3 is 14.5 Å². The molecule has 156 valence electrons. The van der Waals surface area contributed by atoms with Crippen LogP contribution >= 0.6 is 15.9 Å². The van der Waals surface area contributed by atoms with E-state index >= 15 is 0 Å². The third kappa shape index (κ3) is 4.54. The molecule has 0 unspecified atom stereocenters. The van der Waals surface area contributed by atoms with Crippen LogP contribution in [0.3, 0.4) is 0 Å². The number of methoxy groups -OCH3 is 1. The zero-order chi connectivity index (χ0) is 22.0. The fourth-order valence-corrected chi connectivity index (χ4v) is 3.64. The quantitative estimate of drug-likeness (QED) is 0.312. The standard InChI is InChI=1S/C25H19BrFNO3/c1-15(11-25(29)28-19-9-7-18(27)8-10-19)20-12-21-22(16-3-5-17(26)6-4-16)14-31-24(21)13-23(20)30-2/h3-14H,1-2H3,(H,28,29)/b15-11+. The number of nitrogens with one attached hydrogen (secondary N) is 1. The Morgan fingerprint density at radius 2 is 1.81 bits per heavy atom. The highest BCUT2D eigenvalue weighted by molar-refractivity contribution is 9.10. The van der Waals surface area contributed by atoms with Crippen molar-refractivity contribution in [1.82, 2.24) is 0 Å². The molecule has 1 N–H and O–H groups in total. The van der Waals surface area contributed by atoms with Gasteiger partial charge in [-0.15, -0.1) is 0 Å². The van der Waals surface area contributed by atoms with Crippen LogP contribution < -0.4 is 10.1 Å². The van der Waals surface area contributed by atoms with E-state index in [1.807, 2.05) is 43.3 Å². The summed E-state index contributed by atoms with van der Waals surface area (Å²) < 4.78 is 25.4. The maximum Gasteiger partial charge on any atom is 0.248 e. The molecule has 4 aromatic rings. The molecule has 31 heavy (non-hydrogen) atoms. The molecular weight excluding hydrogens is 461 g/mol. The summed E-state index contributed by atoms with van der Waals surface area (Å²) in [5.41, 5.74) is 4.70. The Hall–Kier alpha value is -3.38. The molecule has 4 rings (SSSR count). The molecule has 1 amide bonds. The lowest BCUT2D eigenvalue weighted by Crippen LogP contribution is -2.08. The van der Waals surface area contributed by atoms with Gasteiger partial charge in [-0.25, -0.2) is 4.39 Å². The van der Waals surface area contributed by atoms with Crippen molar-refractivity contribution < 1.29 is 18.3 Å². The Kier molecular flexibility index (Phi) is 5.91. The zero-order valence-corrected chi connectivity index (χ0v) is 18.5. The maximum absolute atomic E-state index is 13.1. The number of halogens is 2. The Balaban J connectivity index is 1.70. The largest absolute Gasteiger partial charge is 0.496 e. The van der Waals surface area contributed by atoms with Gasteiger partial charge in [0, 0.05) is 38.8 Å². The fraction of sp³-hybridized carbons (Fsp3) is 0.0800. The van der Waals surface area contributed by atoms with Gasteiger partial charge in [0.25, 0.3) is 0 Å². The van der Waals surface area contributed by atoms with Crippen molar-refractivity contribution in [2.75, 3.05) is 12.4 Å². The van der Waals surface area contributed by atoms with Gasteiger partial charge in [-0.3, -0.25) is 4.79 Å². The molecule has 0 bridgehead atoms. The van der Waals surface area contributed by atoms with E-state index < -0.39 is 0 Å². The van der Waals surface area contributed by atoms with Crippen LogP contribution in [0.4, 0.5) is 10.1 Å². The van der Waals surface area contributed by atoms with Crippen LogP contribution in [0.25, 0.3) is 27.7 Å². The van der Waals surface area contributed by atoms with Crippen molar-refractivity contribution in [3.8, 4) is 16.9 Å². The average molecular weight is 480 g/mol. The van der Waals surface area contributed by atoms with Crippen LogP contribution in [-0.4, -0.2) is 13.0 Å². The Bertz CT molecular complexity index is 1270. The van der Waals surface area contributed by atoms with Crippen LogP contribution in [0, 0.1) is 5.82 Å². The second kappa shape index (κ2) is 8.78. The number of rotatable bonds is 5. The fourth-order valence-electron chi connectivity index (χ4n) is 3.37. The van der Waals surface area contributed by atoms with E-state index in [0.29, 0.717) is 17.0 Å². The van der Waals surface area contributed by atoms with Crippen molar-refractivity contribution >= 4 is 44.1 Å². The molecular formula is C25H19BrFNO3. The number of hydrogen-bond acceptors (Lipinski definition) is 3. The predicted molar refractivity (Wildman–Crippen MR) is 125 cm³/mol. The van der Waals surface area contributed by atoms with Gasteiger partial charge in [0.2, 0.25) is 5.91 Å². The lowest BCUT2D eigenvalue weighted by molar-refractivity contribution is -0.111. The van der Waals surface area contributed by atoms with E-state index in [1.54, 1.807) is 13.4 Å². The molecule has 0 fully saturated rings. The first-order valence-electron chi connectivity index (χ1n) is 9.55. The number of carbonyl (C=O) groups excluding carboxylic acids is 1. The lowest BCUT2D eigenvalue weighted by atomic mass is 9.99. The number of furan rings is 1. The second-order valence-corrected chi connectivity index (χ2v) is 7.94. The minimum absolute atomic E-state index is 0.313. The van der Waals surface area contributed by atoms with Gasteiger partial charge in [0.05, 0.1) is 13.4 Å². The summed E-state index contributed by atoms with van der Waals surface area (Å²) in [4.78, 5) is 12.5. The molecule has 1 aromatic heterocycles. The molecule has 1 heterocycles. The van der Waals surface area contributed by atoms with Crippen molar-refractivity contribution in [1.29, 1.82) is 0 Å². The number of fused-ring (bicyclic) bond motifs is 1. The highest BCUT2D eigenvalue weighted by Crippen LogP contribution is 2.37. The van der Waals surface area contributed by atoms with Gasteiger partial charge >= 0.3 is 0 Å². The van der Waals surface area contributed by atoms with Gasteiger partial charge in [-0.2, -0.15) is 0 Å². The van der Waals surface area contributed by atoms with Gasteiger partial charge in [-0.05, 0) is 60.5 Å². The molecule has 6 heteroatoms. The molecule has 0 saturated carbocycles. The first-order chi connectivity index (χ1) is 14.9. The first kappa shape index (κ1) is 20.9. The third-order valence-corrected chi connectivity index (χ3v) is 5.46. The smallest absolute Gasteiger partial charge is 0.248 e. The summed E-state index contributed by atoms with van der Waals surface area (Å²) in [7, 11) is 1.58. The van der Waals surface area contributed by atoms with Crippen LogP contribution in [0.5, 0.6) is 5.75 Å². The maximum atomic E-state index is 13.1. The Morgan fingerprint density at radius 3 is 2.48 bits per heavy atom. The monoisotopic (exact) mass is 479 g/mol. The molecule has 3 aromatic carbocycles. The topological polar surface area (TPSA) is 51.5 Å². The molecule has 0 aliphatic heterocycles. The molecule has 0 aliphatic carbocycles. The van der Waals surface area contributed by atoms with E-state index in [1.165, 1.54) is 30.3 Å². The normalized spacial score (nSPS) is 11.5. The average Bonchev–Trinajstić information content (AvgIpc) is 3.17. The molecule has 0 spiro atoms. The first-order valence-corrected chi connectivity index (χ1v) is 10.3. The molecule has 0 saturated heterocycles. The van der Waals surface area contributed by atoms with Crippen molar-refractivity contribution in [2.24, 2.45) is 0 Å². The minimum atomic E-state index is -0.357. The van der Waals surface area contributed by atoms with E-state index in [9.17, 15) is 9.18 Å². The molecule has 0 radical (unpaired) electrons. The van der Waals surface area contributed by atoms with Gasteiger partial charge in [0.1, 0.15) is 17.1 Å². The van der Waals surface area contributed by atoms with E-state index in [-0.39, 0.29) is 11.7 Å². The van der Waals surface area contributed by atoms with E-state index in [4.69, 9.17) is 9.15 Å². The number of ether oxygens (including phenoxy) is 1. The van der Waals surface area contributed by atoms with E-state index in [2.05, 4.69) is 21.2 Å². The van der Waals surface area contributed by atoms with Crippen molar-refractivity contribution in [3.63, 3.8) is 0 Å². The Morgan fingerprint density at radius 1 is 1.10 bits per heavy atom. The number of hydrogen-bond donors (Lipinski definition) is 1. The van der Waals surface area contributed by atoms with Crippen molar-refractivity contribution in [2.45, 2.75) is 6.92 Å². The number of amides is 1. The summed E-state index contributed by atoms with van der Waals surface area (Å²) in [5.74, 6) is -0.0661. The van der Waals surface area contributed by atoms with Crippen molar-refractivity contribution in [3.05, 3.63) is 88.9 Å². The summed E-state index contributed by atoms with van der Waals surface area (Å²) in [5, 5.41) is 3.66. The van der Waals surface area contributed by atoms with Crippen LogP contribution in [-0.2, 0) is 4.79 Å². The van der Waals surface area contributed by atoms with Crippen LogP contribution in [0.1, 0.15) is 12.5 Å². The molecule has 0 atom stereocenters. The van der Waals surface area contributed by atoms with Crippen LogP contribution in [0.15, 0.2) is 81.9 Å².